The second-order valence-electron chi connectivity index (χ2n) is 5.34. The third-order valence-corrected chi connectivity index (χ3v) is 3.39. The summed E-state index contributed by atoms with van der Waals surface area (Å²) in [5.74, 6) is 0.772. The number of aromatic nitrogens is 5. The fraction of sp³-hybridized carbons (Fsp3) is 0.571. The summed E-state index contributed by atoms with van der Waals surface area (Å²) in [5.41, 5.74) is 2.13. The molecule has 1 amide bonds. The monoisotopic (exact) mass is 290 g/mol. The van der Waals surface area contributed by atoms with Crippen molar-refractivity contribution in [1.29, 1.82) is 0 Å². The predicted molar refractivity (Wildman–Crippen MR) is 78.5 cm³/mol. The van der Waals surface area contributed by atoms with Crippen molar-refractivity contribution in [3.8, 4) is 0 Å². The zero-order valence-electron chi connectivity index (χ0n) is 13.0. The molecule has 0 unspecified atom stereocenters. The lowest BCUT2D eigenvalue weighted by Crippen LogP contribution is -2.28. The van der Waals surface area contributed by atoms with Gasteiger partial charge >= 0.3 is 0 Å². The quantitative estimate of drug-likeness (QED) is 0.869. The summed E-state index contributed by atoms with van der Waals surface area (Å²) >= 11 is 0. The standard InChI is InChI=1S/C14H22N6O/c1-10-8-11(2)20(18-10)7-5-6-13(21)16-12(3)14-17-15-9-19(14)4/h8-9,12H,5-7H2,1-4H3,(H,16,21)/t12-/m1/s1. The largest absolute Gasteiger partial charge is 0.346 e. The number of hydrogen-bond donors (Lipinski definition) is 1. The molecule has 114 valence electrons. The fourth-order valence-electron chi connectivity index (χ4n) is 2.35. The van der Waals surface area contributed by atoms with Gasteiger partial charge in [-0.25, -0.2) is 0 Å². The first kappa shape index (κ1) is 15.2. The van der Waals surface area contributed by atoms with Crippen LogP contribution in [0.4, 0.5) is 0 Å². The van der Waals surface area contributed by atoms with Crippen LogP contribution in [0.5, 0.6) is 0 Å². The predicted octanol–water partition coefficient (Wildman–Crippen LogP) is 1.29. The van der Waals surface area contributed by atoms with Crippen molar-refractivity contribution >= 4 is 5.91 Å². The molecule has 1 atom stereocenters. The minimum Gasteiger partial charge on any atom is -0.346 e. The molecule has 0 aromatic carbocycles. The van der Waals surface area contributed by atoms with Crippen molar-refractivity contribution in [3.05, 3.63) is 29.6 Å². The normalized spacial score (nSPS) is 12.4. The Kier molecular flexibility index (Phi) is 4.72. The van der Waals surface area contributed by atoms with Crippen LogP contribution in [0.15, 0.2) is 12.4 Å². The van der Waals surface area contributed by atoms with Gasteiger partial charge in [-0.05, 0) is 33.3 Å². The summed E-state index contributed by atoms with van der Waals surface area (Å²) in [6.45, 7) is 6.66. The molecule has 2 rings (SSSR count). The number of nitrogens with one attached hydrogen (secondary N) is 1. The van der Waals surface area contributed by atoms with E-state index in [0.29, 0.717) is 6.42 Å². The number of nitrogens with zero attached hydrogens (tertiary/aromatic N) is 5. The summed E-state index contributed by atoms with van der Waals surface area (Å²) < 4.78 is 3.75. The Balaban J connectivity index is 1.77. The zero-order chi connectivity index (χ0) is 15.4. The maximum atomic E-state index is 11.9. The second kappa shape index (κ2) is 6.51. The van der Waals surface area contributed by atoms with Crippen LogP contribution in [0.3, 0.4) is 0 Å². The summed E-state index contributed by atoms with van der Waals surface area (Å²) in [4.78, 5) is 11.9. The maximum Gasteiger partial charge on any atom is 0.220 e. The van der Waals surface area contributed by atoms with Gasteiger partial charge in [0.15, 0.2) is 5.82 Å². The van der Waals surface area contributed by atoms with E-state index in [2.05, 4.69) is 20.6 Å². The first-order valence-corrected chi connectivity index (χ1v) is 7.11. The van der Waals surface area contributed by atoms with Crippen LogP contribution in [0.25, 0.3) is 0 Å². The summed E-state index contributed by atoms with van der Waals surface area (Å²) in [5, 5.41) is 15.1. The average molecular weight is 290 g/mol. The molecule has 0 aliphatic carbocycles. The maximum absolute atomic E-state index is 11.9. The second-order valence-corrected chi connectivity index (χ2v) is 5.34. The SMILES string of the molecule is Cc1cc(C)n(CCCC(=O)N[C@H](C)c2nncn2C)n1. The molecule has 7 nitrogen and oxygen atoms in total. The number of hydrogen-bond acceptors (Lipinski definition) is 4. The Morgan fingerprint density at radius 1 is 1.43 bits per heavy atom. The van der Waals surface area contributed by atoms with Gasteiger partial charge in [-0.1, -0.05) is 0 Å². The molecule has 2 aromatic rings. The van der Waals surface area contributed by atoms with Crippen molar-refractivity contribution in [2.75, 3.05) is 0 Å². The number of rotatable bonds is 6. The van der Waals surface area contributed by atoms with Crippen molar-refractivity contribution in [2.45, 2.75) is 46.2 Å². The van der Waals surface area contributed by atoms with Crippen LogP contribution in [0, 0.1) is 13.8 Å². The third-order valence-electron chi connectivity index (χ3n) is 3.39. The van der Waals surface area contributed by atoms with E-state index in [-0.39, 0.29) is 11.9 Å². The Morgan fingerprint density at radius 3 is 2.76 bits per heavy atom. The molecule has 1 N–H and O–H groups in total. The molecule has 0 aliphatic heterocycles. The van der Waals surface area contributed by atoms with Gasteiger partial charge in [0.1, 0.15) is 6.33 Å². The first-order chi connectivity index (χ1) is 9.97. The molecule has 0 saturated carbocycles. The van der Waals surface area contributed by atoms with E-state index in [1.54, 1.807) is 10.9 Å². The van der Waals surface area contributed by atoms with E-state index in [1.807, 2.05) is 38.6 Å². The number of amides is 1. The van der Waals surface area contributed by atoms with Crippen LogP contribution < -0.4 is 5.32 Å². The smallest absolute Gasteiger partial charge is 0.220 e. The number of carbonyl (C=O) groups excluding carboxylic acids is 1. The van der Waals surface area contributed by atoms with Gasteiger partial charge in [-0.2, -0.15) is 5.10 Å². The van der Waals surface area contributed by atoms with Gasteiger partial charge < -0.3 is 9.88 Å². The zero-order valence-corrected chi connectivity index (χ0v) is 13.0. The van der Waals surface area contributed by atoms with E-state index < -0.39 is 0 Å². The fourth-order valence-corrected chi connectivity index (χ4v) is 2.35. The lowest BCUT2D eigenvalue weighted by Gasteiger charge is -2.13. The van der Waals surface area contributed by atoms with Gasteiger partial charge in [0.05, 0.1) is 11.7 Å². The first-order valence-electron chi connectivity index (χ1n) is 7.11. The summed E-state index contributed by atoms with van der Waals surface area (Å²) in [6, 6.07) is 1.90. The van der Waals surface area contributed by atoms with Gasteiger partial charge in [-0.3, -0.25) is 9.48 Å². The molecule has 0 aliphatic rings. The van der Waals surface area contributed by atoms with E-state index in [0.717, 1.165) is 30.2 Å². The topological polar surface area (TPSA) is 77.6 Å². The van der Waals surface area contributed by atoms with Crippen LogP contribution in [-0.4, -0.2) is 30.5 Å². The molecule has 0 fully saturated rings. The number of aryl methyl sites for hydroxylation is 4. The minimum absolute atomic E-state index is 0.0204. The van der Waals surface area contributed by atoms with E-state index in [4.69, 9.17) is 0 Å². The van der Waals surface area contributed by atoms with Crippen molar-refractivity contribution in [2.24, 2.45) is 7.05 Å². The summed E-state index contributed by atoms with van der Waals surface area (Å²) in [7, 11) is 1.86. The lowest BCUT2D eigenvalue weighted by atomic mass is 10.2. The lowest BCUT2D eigenvalue weighted by molar-refractivity contribution is -0.121. The average Bonchev–Trinajstić information content (AvgIpc) is 2.95. The number of carbonyl (C=O) groups is 1. The van der Waals surface area contributed by atoms with Gasteiger partial charge in [0.25, 0.3) is 0 Å². The molecule has 0 radical (unpaired) electrons. The molecule has 2 aromatic heterocycles. The van der Waals surface area contributed by atoms with Crippen LogP contribution >= 0.6 is 0 Å². The molecule has 0 bridgehead atoms. The van der Waals surface area contributed by atoms with Gasteiger partial charge in [0.2, 0.25) is 5.91 Å². The van der Waals surface area contributed by atoms with Crippen LogP contribution in [0.2, 0.25) is 0 Å². The highest BCUT2D eigenvalue weighted by atomic mass is 16.1. The van der Waals surface area contributed by atoms with E-state index >= 15 is 0 Å². The molecular weight excluding hydrogens is 268 g/mol. The van der Waals surface area contributed by atoms with E-state index in [1.165, 1.54) is 0 Å². The van der Waals surface area contributed by atoms with Crippen LogP contribution in [0.1, 0.15) is 43.0 Å². The molecule has 21 heavy (non-hydrogen) atoms. The highest BCUT2D eigenvalue weighted by Crippen LogP contribution is 2.08. The highest BCUT2D eigenvalue weighted by molar-refractivity contribution is 5.76. The molecule has 7 heteroatoms. The molecule has 0 saturated heterocycles. The van der Waals surface area contributed by atoms with Gasteiger partial charge in [-0.15, -0.1) is 10.2 Å². The van der Waals surface area contributed by atoms with Gasteiger partial charge in [0, 0.05) is 25.7 Å². The molecule has 2 heterocycles. The van der Waals surface area contributed by atoms with Crippen molar-refractivity contribution in [3.63, 3.8) is 0 Å². The highest BCUT2D eigenvalue weighted by Gasteiger charge is 2.14. The Hall–Kier alpha value is -2.18. The molecule has 0 spiro atoms. The Bertz CT molecular complexity index is 615. The third kappa shape index (κ3) is 3.90. The van der Waals surface area contributed by atoms with Crippen molar-refractivity contribution < 1.29 is 4.79 Å². The van der Waals surface area contributed by atoms with Crippen LogP contribution in [-0.2, 0) is 18.4 Å². The van der Waals surface area contributed by atoms with E-state index in [9.17, 15) is 4.79 Å². The van der Waals surface area contributed by atoms with Crippen molar-refractivity contribution in [1.82, 2.24) is 29.9 Å². The Labute approximate surface area is 124 Å². The summed E-state index contributed by atoms with van der Waals surface area (Å²) in [6.07, 6.45) is 2.86. The Morgan fingerprint density at radius 2 is 2.19 bits per heavy atom. The minimum atomic E-state index is -0.140. The molecular formula is C14H22N6O.